The lowest BCUT2D eigenvalue weighted by Gasteiger charge is -2.09. The maximum Gasteiger partial charge on any atom is 0.522 e. The molecule has 0 aliphatic rings. The first-order valence-electron chi connectivity index (χ1n) is 4.07. The van der Waals surface area contributed by atoms with Crippen LogP contribution in [-0.2, 0) is 17.8 Å². The van der Waals surface area contributed by atoms with E-state index in [4.69, 9.17) is 5.73 Å². The van der Waals surface area contributed by atoms with Gasteiger partial charge in [-0.25, -0.2) is 0 Å². The molecule has 0 atom stereocenters. The molecule has 0 saturated carbocycles. The van der Waals surface area contributed by atoms with Gasteiger partial charge in [0, 0.05) is 25.0 Å². The van der Waals surface area contributed by atoms with Crippen molar-refractivity contribution in [2.75, 3.05) is 6.61 Å². The third-order valence-corrected chi connectivity index (χ3v) is 1.73. The van der Waals surface area contributed by atoms with Crippen LogP contribution < -0.4 is 5.73 Å². The minimum atomic E-state index is -4.56. The van der Waals surface area contributed by atoms with Crippen molar-refractivity contribution in [1.29, 1.82) is 0 Å². The van der Waals surface area contributed by atoms with Gasteiger partial charge in [-0.15, -0.1) is 13.2 Å². The zero-order valence-electron chi connectivity index (χ0n) is 7.42. The highest BCUT2D eigenvalue weighted by molar-refractivity contribution is 5.06. The number of hydrogen-bond donors (Lipinski definition) is 1. The molecular weight excluding hydrogens is 197 g/mol. The van der Waals surface area contributed by atoms with Crippen LogP contribution in [-0.4, -0.2) is 17.5 Å². The summed E-state index contributed by atoms with van der Waals surface area (Å²) < 4.78 is 40.1. The number of aromatic nitrogens is 1. The lowest BCUT2D eigenvalue weighted by molar-refractivity contribution is -0.325. The van der Waals surface area contributed by atoms with Crippen LogP contribution in [0.4, 0.5) is 13.2 Å². The van der Waals surface area contributed by atoms with Crippen LogP contribution in [0.1, 0.15) is 5.69 Å². The summed E-state index contributed by atoms with van der Waals surface area (Å²) >= 11 is 0. The van der Waals surface area contributed by atoms with Crippen molar-refractivity contribution in [2.45, 2.75) is 19.5 Å². The second kappa shape index (κ2) is 4.47. The van der Waals surface area contributed by atoms with Gasteiger partial charge < -0.3 is 10.3 Å². The van der Waals surface area contributed by atoms with Crippen molar-refractivity contribution in [2.24, 2.45) is 5.73 Å². The van der Waals surface area contributed by atoms with E-state index < -0.39 is 13.0 Å². The van der Waals surface area contributed by atoms with E-state index in [1.54, 1.807) is 22.9 Å². The van der Waals surface area contributed by atoms with Crippen molar-refractivity contribution in [3.05, 3.63) is 24.0 Å². The molecule has 6 heteroatoms. The minimum Gasteiger partial charge on any atom is -0.348 e. The molecule has 0 saturated heterocycles. The van der Waals surface area contributed by atoms with Crippen molar-refractivity contribution in [3.8, 4) is 0 Å². The topological polar surface area (TPSA) is 40.2 Å². The van der Waals surface area contributed by atoms with Crippen molar-refractivity contribution in [1.82, 2.24) is 4.57 Å². The smallest absolute Gasteiger partial charge is 0.348 e. The van der Waals surface area contributed by atoms with E-state index in [0.717, 1.165) is 5.69 Å². The molecule has 3 nitrogen and oxygen atoms in total. The van der Waals surface area contributed by atoms with Crippen LogP contribution in [0.15, 0.2) is 18.3 Å². The Morgan fingerprint density at radius 1 is 1.43 bits per heavy atom. The third-order valence-electron chi connectivity index (χ3n) is 1.73. The van der Waals surface area contributed by atoms with Gasteiger partial charge in [0.15, 0.2) is 0 Å². The highest BCUT2D eigenvalue weighted by Gasteiger charge is 2.28. The second-order valence-corrected chi connectivity index (χ2v) is 2.69. The Morgan fingerprint density at radius 3 is 2.71 bits per heavy atom. The molecule has 1 heterocycles. The summed E-state index contributed by atoms with van der Waals surface area (Å²) in [6.07, 6.45) is -2.89. The van der Waals surface area contributed by atoms with Gasteiger partial charge in [-0.1, -0.05) is 0 Å². The standard InChI is InChI=1S/C8H11F3N2O/c9-8(10,11)14-5-4-13-3-1-2-7(13)6-12/h1-3H,4-6,12H2. The fourth-order valence-corrected chi connectivity index (χ4v) is 1.11. The first-order valence-corrected chi connectivity index (χ1v) is 4.07. The lowest BCUT2D eigenvalue weighted by Crippen LogP contribution is -2.18. The van der Waals surface area contributed by atoms with E-state index in [0.29, 0.717) is 6.54 Å². The predicted molar refractivity (Wildman–Crippen MR) is 44.3 cm³/mol. The second-order valence-electron chi connectivity index (χ2n) is 2.69. The van der Waals surface area contributed by atoms with Crippen LogP contribution in [0, 0.1) is 0 Å². The average Bonchev–Trinajstić information content (AvgIpc) is 2.49. The van der Waals surface area contributed by atoms with Gasteiger partial charge in [0.05, 0.1) is 6.61 Å². The molecule has 0 radical (unpaired) electrons. The number of alkyl halides is 3. The van der Waals surface area contributed by atoms with Gasteiger partial charge in [-0.05, 0) is 12.1 Å². The molecular formula is C8H11F3N2O. The van der Waals surface area contributed by atoms with Crippen LogP contribution in [0.3, 0.4) is 0 Å². The van der Waals surface area contributed by atoms with Gasteiger partial charge in [0.2, 0.25) is 0 Å². The zero-order chi connectivity index (χ0) is 10.6. The Kier molecular flexibility index (Phi) is 3.54. The summed E-state index contributed by atoms with van der Waals surface area (Å²) in [5, 5.41) is 0. The van der Waals surface area contributed by atoms with Crippen LogP contribution in [0.25, 0.3) is 0 Å². The van der Waals surface area contributed by atoms with E-state index in [1.165, 1.54) is 0 Å². The molecule has 2 N–H and O–H groups in total. The molecule has 0 fully saturated rings. The number of nitrogens with zero attached hydrogens (tertiary/aromatic N) is 1. The summed E-state index contributed by atoms with van der Waals surface area (Å²) in [6, 6.07) is 3.49. The normalized spacial score (nSPS) is 12.0. The van der Waals surface area contributed by atoms with E-state index in [9.17, 15) is 13.2 Å². The quantitative estimate of drug-likeness (QED) is 0.814. The maximum absolute atomic E-state index is 11.6. The van der Waals surface area contributed by atoms with Crippen molar-refractivity contribution < 1.29 is 17.9 Å². The highest BCUT2D eigenvalue weighted by Crippen LogP contribution is 2.16. The molecule has 0 aromatic carbocycles. The maximum atomic E-state index is 11.6. The number of halogens is 3. The molecule has 0 amide bonds. The summed E-state index contributed by atoms with van der Waals surface area (Å²) in [6.45, 7) is 0.0588. The summed E-state index contributed by atoms with van der Waals surface area (Å²) in [5.74, 6) is 0. The summed E-state index contributed by atoms with van der Waals surface area (Å²) in [4.78, 5) is 0. The monoisotopic (exact) mass is 208 g/mol. The van der Waals surface area contributed by atoms with Gasteiger partial charge in [0.25, 0.3) is 0 Å². The van der Waals surface area contributed by atoms with Crippen LogP contribution in [0.5, 0.6) is 0 Å². The molecule has 0 spiro atoms. The third kappa shape index (κ3) is 3.39. The van der Waals surface area contributed by atoms with Crippen LogP contribution in [0.2, 0.25) is 0 Å². The van der Waals surface area contributed by atoms with Crippen molar-refractivity contribution in [3.63, 3.8) is 0 Å². The molecule has 0 bridgehead atoms. The molecule has 0 aliphatic heterocycles. The lowest BCUT2D eigenvalue weighted by atomic mass is 10.4. The molecule has 14 heavy (non-hydrogen) atoms. The highest BCUT2D eigenvalue weighted by atomic mass is 19.4. The van der Waals surface area contributed by atoms with E-state index in [-0.39, 0.29) is 6.54 Å². The van der Waals surface area contributed by atoms with Gasteiger partial charge >= 0.3 is 6.36 Å². The Balaban J connectivity index is 2.38. The molecule has 1 aromatic rings. The summed E-state index contributed by atoms with van der Waals surface area (Å²) in [5.41, 5.74) is 6.16. The first kappa shape index (κ1) is 11.1. The Bertz CT molecular complexity index is 282. The van der Waals surface area contributed by atoms with Gasteiger partial charge in [-0.3, -0.25) is 4.74 Å². The first-order chi connectivity index (χ1) is 6.53. The minimum absolute atomic E-state index is 0.152. The SMILES string of the molecule is NCc1cccn1CCOC(F)(F)F. The fraction of sp³-hybridized carbons (Fsp3) is 0.500. The average molecular weight is 208 g/mol. The molecule has 1 rings (SSSR count). The largest absolute Gasteiger partial charge is 0.522 e. The van der Waals surface area contributed by atoms with Crippen molar-refractivity contribution >= 4 is 0 Å². The Hall–Kier alpha value is -1.01. The van der Waals surface area contributed by atoms with E-state index >= 15 is 0 Å². The predicted octanol–water partition coefficient (Wildman–Crippen LogP) is 1.48. The van der Waals surface area contributed by atoms with E-state index in [2.05, 4.69) is 4.74 Å². The van der Waals surface area contributed by atoms with Crippen LogP contribution >= 0.6 is 0 Å². The number of nitrogens with two attached hydrogens (primary N) is 1. The molecule has 0 aliphatic carbocycles. The molecule has 80 valence electrons. The van der Waals surface area contributed by atoms with Gasteiger partial charge in [0.1, 0.15) is 0 Å². The molecule has 1 aromatic heterocycles. The van der Waals surface area contributed by atoms with E-state index in [1.807, 2.05) is 0 Å². The number of hydrogen-bond acceptors (Lipinski definition) is 2. The Morgan fingerprint density at radius 2 is 2.14 bits per heavy atom. The fourth-order valence-electron chi connectivity index (χ4n) is 1.11. The van der Waals surface area contributed by atoms with Gasteiger partial charge in [-0.2, -0.15) is 0 Å². The Labute approximate surface area is 79.3 Å². The number of rotatable bonds is 4. The summed E-state index contributed by atoms with van der Waals surface area (Å²) in [7, 11) is 0. The zero-order valence-corrected chi connectivity index (χ0v) is 7.42. The molecule has 0 unspecified atom stereocenters. The number of ether oxygens (including phenoxy) is 1.